The van der Waals surface area contributed by atoms with Gasteiger partial charge in [0.25, 0.3) is 0 Å². The van der Waals surface area contributed by atoms with Gasteiger partial charge in [0.2, 0.25) is 0 Å². The summed E-state index contributed by atoms with van der Waals surface area (Å²) in [4.78, 5) is 62.5. The predicted octanol–water partition coefficient (Wildman–Crippen LogP) is 11.0. The van der Waals surface area contributed by atoms with Crippen LogP contribution in [0, 0.1) is 23.5 Å². The fourth-order valence-corrected chi connectivity index (χ4v) is 8.75. The zero-order valence-electron chi connectivity index (χ0n) is 46.3. The van der Waals surface area contributed by atoms with Crippen LogP contribution in [0.3, 0.4) is 0 Å². The van der Waals surface area contributed by atoms with Crippen LogP contribution in [0.2, 0.25) is 0 Å². The number of aliphatic hydroxyl groups excluding tert-OH is 2. The van der Waals surface area contributed by atoms with E-state index < -0.39 is 58.5 Å². The van der Waals surface area contributed by atoms with Gasteiger partial charge in [0, 0.05) is 46.9 Å². The third-order valence-corrected chi connectivity index (χ3v) is 13.0. The van der Waals surface area contributed by atoms with Crippen LogP contribution < -0.4 is 39.9 Å². The van der Waals surface area contributed by atoms with E-state index in [1.807, 2.05) is 0 Å². The zero-order chi connectivity index (χ0) is 61.7. The molecule has 2 aromatic heterocycles. The number of hydrogen-bond donors (Lipinski definition) is 4. The number of ether oxygens (including phenoxy) is 6. The van der Waals surface area contributed by atoms with Crippen molar-refractivity contribution in [1.82, 2.24) is 9.97 Å². The van der Waals surface area contributed by atoms with Crippen molar-refractivity contribution >= 4 is 23.1 Å². The molecule has 0 saturated heterocycles. The van der Waals surface area contributed by atoms with Gasteiger partial charge >= 0.3 is 12.4 Å². The van der Waals surface area contributed by atoms with E-state index in [0.29, 0.717) is 87.4 Å². The van der Waals surface area contributed by atoms with Gasteiger partial charge in [-0.05, 0) is 136 Å². The first-order valence-electron chi connectivity index (χ1n) is 26.3. The first-order valence-corrected chi connectivity index (χ1v) is 26.3. The summed E-state index contributed by atoms with van der Waals surface area (Å²) in [6, 6.07) is 19.4. The normalized spacial score (nSPS) is 12.1. The van der Waals surface area contributed by atoms with Crippen molar-refractivity contribution in [3.8, 4) is 57.0 Å². The number of unbranched alkanes of at least 4 members (excludes halogenated alkanes) is 2. The van der Waals surface area contributed by atoms with Gasteiger partial charge in [0.1, 0.15) is 59.1 Å². The number of hydrogen-bond acceptors (Lipinski definition) is 16. The highest BCUT2D eigenvalue weighted by Crippen LogP contribution is 2.39. The number of aromatic nitrogens is 2. The monoisotopic (exact) mass is 1180 g/mol. The number of halogens is 8. The molecule has 24 heteroatoms. The van der Waals surface area contributed by atoms with E-state index in [0.717, 1.165) is 12.1 Å². The van der Waals surface area contributed by atoms with E-state index in [-0.39, 0.29) is 119 Å². The Morgan fingerprint density at radius 1 is 0.488 bits per heavy atom. The first-order chi connectivity index (χ1) is 40.1. The summed E-state index contributed by atoms with van der Waals surface area (Å²) in [5.41, 5.74) is 8.31. The number of methoxy groups -OCH3 is 4. The topological polar surface area (TPSA) is 242 Å². The highest BCUT2D eigenvalue weighted by atomic mass is 19.4. The third kappa shape index (κ3) is 18.0. The number of aliphatic hydroxyl groups is 2. The summed E-state index contributed by atoms with van der Waals surface area (Å²) in [5, 5.41) is 18.0. The second-order valence-corrected chi connectivity index (χ2v) is 18.7. The van der Waals surface area contributed by atoms with Gasteiger partial charge in [-0.15, -0.1) is 0 Å². The Labute approximate surface area is 479 Å². The first kappa shape index (κ1) is 66.7. The van der Waals surface area contributed by atoms with Crippen LogP contribution in [0.4, 0.5) is 35.1 Å². The van der Waals surface area contributed by atoms with E-state index in [1.54, 1.807) is 0 Å². The van der Waals surface area contributed by atoms with Crippen LogP contribution in [-0.2, 0) is 12.4 Å². The molecular weight excluding hydrogens is 1120 g/mol. The molecule has 16 nitrogen and oxygen atoms in total. The van der Waals surface area contributed by atoms with Crippen molar-refractivity contribution in [2.45, 2.75) is 63.7 Å². The van der Waals surface area contributed by atoms with Gasteiger partial charge in [-0.3, -0.25) is 19.2 Å². The van der Waals surface area contributed by atoms with Gasteiger partial charge in [0.05, 0.1) is 52.8 Å². The summed E-state index contributed by atoms with van der Waals surface area (Å²) >= 11 is 0. The van der Waals surface area contributed by atoms with Crippen molar-refractivity contribution in [1.29, 1.82) is 0 Å². The van der Waals surface area contributed by atoms with Crippen LogP contribution in [0.1, 0.15) is 104 Å². The number of nitrogens with two attached hydrogens (primary N) is 2. The number of carbonyl (C=O) groups excluding carboxylic acids is 4. The van der Waals surface area contributed by atoms with Gasteiger partial charge < -0.3 is 50.1 Å². The van der Waals surface area contributed by atoms with Crippen molar-refractivity contribution in [2.75, 3.05) is 68.0 Å². The van der Waals surface area contributed by atoms with Gasteiger partial charge in [0.15, 0.2) is 46.1 Å². The quantitative estimate of drug-likeness (QED) is 0.0186. The molecule has 0 spiro atoms. The van der Waals surface area contributed by atoms with E-state index in [4.69, 9.17) is 50.1 Å². The number of benzene rings is 4. The fourth-order valence-electron chi connectivity index (χ4n) is 8.75. The van der Waals surface area contributed by atoms with Gasteiger partial charge in [-0.2, -0.15) is 26.3 Å². The fraction of sp³-hybridized carbons (Fsp3) is 0.367. The average Bonchev–Trinajstić information content (AvgIpc) is 3.25. The number of Topliss-reactive ketones (excluding diaryl/α,β-unsaturated/α-hetero) is 4. The molecular formula is C60H64F8N4O12. The second-order valence-electron chi connectivity index (χ2n) is 18.7. The third-order valence-electron chi connectivity index (χ3n) is 13.0. The molecule has 0 aliphatic carbocycles. The number of alkyl halides is 6. The highest BCUT2D eigenvalue weighted by molar-refractivity contribution is 6.04. The molecule has 0 aliphatic heterocycles. The lowest BCUT2D eigenvalue weighted by Gasteiger charge is -2.17. The number of ketones is 4. The molecule has 452 valence electrons. The van der Waals surface area contributed by atoms with E-state index >= 15 is 0 Å². The van der Waals surface area contributed by atoms with Crippen LogP contribution >= 0.6 is 0 Å². The molecule has 2 heterocycles. The largest absolute Gasteiger partial charge is 0.494 e. The molecule has 84 heavy (non-hydrogen) atoms. The molecule has 0 saturated carbocycles. The zero-order valence-corrected chi connectivity index (χ0v) is 46.3. The van der Waals surface area contributed by atoms with Crippen molar-refractivity contribution in [3.63, 3.8) is 0 Å². The standard InChI is InChI=1S/2C30H32F4N2O6/c2*1-40-26-11-9-23(36-28(26)19-6-8-22(31)21(15-19)30(32,33)34)29(39)20(5-3-4-12-35)16-24(38)18-7-10-25(42-14-13-37)27(17-18)41-2/h2*6-11,15,17,20,37H,3-5,12-14,16,35H2,1-2H3/t2*20-/m10/s1. The number of carbonyl (C=O) groups is 4. The molecule has 6 N–H and O–H groups in total. The molecule has 0 fully saturated rings. The lowest BCUT2D eigenvalue weighted by Crippen LogP contribution is -2.21. The molecule has 0 aliphatic rings. The Morgan fingerprint density at radius 2 is 0.845 bits per heavy atom. The highest BCUT2D eigenvalue weighted by Gasteiger charge is 2.36. The molecule has 6 aromatic rings. The van der Waals surface area contributed by atoms with Crippen LogP contribution in [-0.4, -0.2) is 111 Å². The minimum absolute atomic E-state index is 0.0354. The summed E-state index contributed by atoms with van der Waals surface area (Å²) in [5.74, 6) is -4.80. The Hall–Kier alpha value is -8.06. The average molecular weight is 1190 g/mol. The molecule has 0 radical (unpaired) electrons. The summed E-state index contributed by atoms with van der Waals surface area (Å²) in [6.45, 7) is 0.433. The number of pyridine rings is 2. The van der Waals surface area contributed by atoms with Gasteiger partial charge in [-0.1, -0.05) is 12.8 Å². The minimum Gasteiger partial charge on any atom is -0.494 e. The van der Waals surface area contributed by atoms with E-state index in [1.165, 1.54) is 89.1 Å². The Bertz CT molecular complexity index is 3000. The van der Waals surface area contributed by atoms with Crippen LogP contribution in [0.25, 0.3) is 22.5 Å². The molecule has 0 bridgehead atoms. The maximum Gasteiger partial charge on any atom is 0.419 e. The summed E-state index contributed by atoms with van der Waals surface area (Å²) < 4.78 is 140. The molecule has 4 aromatic carbocycles. The molecule has 6 rings (SSSR count). The maximum absolute atomic E-state index is 13.9. The predicted molar refractivity (Wildman–Crippen MR) is 293 cm³/mol. The molecule has 2 atom stereocenters. The Kier molecular flexibility index (Phi) is 25.1. The summed E-state index contributed by atoms with van der Waals surface area (Å²) in [7, 11) is 5.39. The summed E-state index contributed by atoms with van der Waals surface area (Å²) in [6.07, 6.45) is -7.30. The maximum atomic E-state index is 13.9. The molecule has 0 unspecified atom stereocenters. The van der Waals surface area contributed by atoms with Crippen LogP contribution in [0.5, 0.6) is 34.5 Å². The lowest BCUT2D eigenvalue weighted by atomic mass is 9.88. The number of rotatable bonds is 30. The number of nitrogens with zero attached hydrogens (tertiary/aromatic N) is 2. The van der Waals surface area contributed by atoms with Crippen molar-refractivity contribution in [2.24, 2.45) is 23.3 Å². The van der Waals surface area contributed by atoms with E-state index in [2.05, 4.69) is 9.97 Å². The van der Waals surface area contributed by atoms with Crippen LogP contribution in [0.15, 0.2) is 97.1 Å². The smallest absolute Gasteiger partial charge is 0.419 e. The minimum atomic E-state index is -4.94. The Balaban J connectivity index is 0.000000307. The van der Waals surface area contributed by atoms with Crippen molar-refractivity contribution < 1.29 is 92.9 Å². The lowest BCUT2D eigenvalue weighted by molar-refractivity contribution is -0.140. The van der Waals surface area contributed by atoms with Crippen molar-refractivity contribution in [3.05, 3.63) is 142 Å². The van der Waals surface area contributed by atoms with Gasteiger partial charge in [-0.25, -0.2) is 18.7 Å². The molecule has 0 amide bonds. The Morgan fingerprint density at radius 3 is 1.17 bits per heavy atom. The SMILES string of the molecule is COc1cc(C(=O)C[C@@H](CCCCN)C(=O)c2ccc(OC)c(-c3ccc(F)c(C(F)(F)F)c3)n2)ccc1OCCO.COc1cc(C(=O)C[C@H](CCCCN)C(=O)c2ccc(OC)c(-c3ccc(F)c(C(F)(F)F)c3)n2)ccc1OCCO. The second kappa shape index (κ2) is 31.6. The van der Waals surface area contributed by atoms with E-state index in [9.17, 15) is 54.3 Å².